The summed E-state index contributed by atoms with van der Waals surface area (Å²) in [6.45, 7) is 1.67. The van der Waals surface area contributed by atoms with Crippen molar-refractivity contribution in [2.75, 3.05) is 13.6 Å². The maximum atomic E-state index is 13.2. The van der Waals surface area contributed by atoms with E-state index >= 15 is 0 Å². The first kappa shape index (κ1) is 13.8. The van der Waals surface area contributed by atoms with Gasteiger partial charge in [0, 0.05) is 18.6 Å². The van der Waals surface area contributed by atoms with Crippen LogP contribution in [0.25, 0.3) is 0 Å². The first-order chi connectivity index (χ1) is 9.63. The van der Waals surface area contributed by atoms with E-state index in [4.69, 9.17) is 5.11 Å². The highest BCUT2D eigenvalue weighted by atomic mass is 19.1. The van der Waals surface area contributed by atoms with E-state index in [9.17, 15) is 4.39 Å². The molecule has 0 amide bonds. The minimum Gasteiger partial charge on any atom is -0.505 e. The zero-order chi connectivity index (χ0) is 14.1. The van der Waals surface area contributed by atoms with Crippen LogP contribution in [0.5, 0.6) is 5.75 Å². The van der Waals surface area contributed by atoms with Crippen LogP contribution in [0.3, 0.4) is 0 Å². The van der Waals surface area contributed by atoms with Crippen LogP contribution in [0.1, 0.15) is 31.2 Å². The van der Waals surface area contributed by atoms with Crippen LogP contribution in [0.2, 0.25) is 0 Å². The first-order valence-electron chi connectivity index (χ1n) is 7.53. The Morgan fingerprint density at radius 1 is 1.30 bits per heavy atom. The van der Waals surface area contributed by atoms with Crippen LogP contribution in [-0.4, -0.2) is 35.7 Å². The number of nitrogens with one attached hydrogen (secondary N) is 1. The Hall–Kier alpha value is -1.13. The molecule has 2 heterocycles. The van der Waals surface area contributed by atoms with Gasteiger partial charge >= 0.3 is 0 Å². The quantitative estimate of drug-likeness (QED) is 0.888. The standard InChI is InChI=1S/C16H23FN2O/c1-19-13-3-4-14(19)7-12(6-13)10-18-9-11-2-5-16(20)15(17)8-11/h2,5,8,12-14,18,20H,3-4,6-7,9-10H2,1H3. The number of halogens is 1. The molecule has 2 unspecified atom stereocenters. The number of rotatable bonds is 4. The Morgan fingerprint density at radius 3 is 2.65 bits per heavy atom. The molecule has 2 aliphatic heterocycles. The smallest absolute Gasteiger partial charge is 0.165 e. The summed E-state index contributed by atoms with van der Waals surface area (Å²) in [6, 6.07) is 6.13. The fourth-order valence-corrected chi connectivity index (χ4v) is 3.77. The molecule has 0 saturated carbocycles. The molecular weight excluding hydrogens is 255 g/mol. The van der Waals surface area contributed by atoms with Gasteiger partial charge in [0.2, 0.25) is 0 Å². The summed E-state index contributed by atoms with van der Waals surface area (Å²) in [5.74, 6) is -0.0760. The zero-order valence-electron chi connectivity index (χ0n) is 12.0. The molecule has 0 radical (unpaired) electrons. The average molecular weight is 278 g/mol. The van der Waals surface area contributed by atoms with Crippen molar-refractivity contribution >= 4 is 0 Å². The highest BCUT2D eigenvalue weighted by Gasteiger charge is 2.37. The Morgan fingerprint density at radius 2 is 2.00 bits per heavy atom. The molecule has 1 aromatic carbocycles. The molecule has 3 nitrogen and oxygen atoms in total. The van der Waals surface area contributed by atoms with E-state index in [1.165, 1.54) is 37.8 Å². The molecule has 110 valence electrons. The summed E-state index contributed by atoms with van der Waals surface area (Å²) in [6.07, 6.45) is 5.26. The van der Waals surface area contributed by atoms with E-state index in [0.717, 1.165) is 30.1 Å². The molecular formula is C16H23FN2O. The summed E-state index contributed by atoms with van der Waals surface area (Å²) < 4.78 is 13.2. The molecule has 0 aromatic heterocycles. The highest BCUT2D eigenvalue weighted by molar-refractivity contribution is 5.27. The number of piperidine rings is 1. The van der Waals surface area contributed by atoms with Crippen LogP contribution < -0.4 is 5.32 Å². The van der Waals surface area contributed by atoms with Gasteiger partial charge in [-0.15, -0.1) is 0 Å². The van der Waals surface area contributed by atoms with Crippen molar-refractivity contribution in [1.82, 2.24) is 10.2 Å². The lowest BCUT2D eigenvalue weighted by Crippen LogP contribution is -2.42. The summed E-state index contributed by atoms with van der Waals surface area (Å²) in [7, 11) is 2.26. The lowest BCUT2D eigenvalue weighted by Gasteiger charge is -2.36. The Balaban J connectivity index is 1.47. The number of phenols is 1. The lowest BCUT2D eigenvalue weighted by molar-refractivity contribution is 0.133. The van der Waals surface area contributed by atoms with Gasteiger partial charge in [-0.25, -0.2) is 4.39 Å². The largest absolute Gasteiger partial charge is 0.505 e. The summed E-state index contributed by atoms with van der Waals surface area (Å²) in [5, 5.41) is 12.6. The number of nitrogens with zero attached hydrogens (tertiary/aromatic N) is 1. The minimum atomic E-state index is -0.540. The van der Waals surface area contributed by atoms with E-state index in [-0.39, 0.29) is 5.75 Å². The van der Waals surface area contributed by atoms with Crippen LogP contribution in [0, 0.1) is 11.7 Å². The van der Waals surface area contributed by atoms with Crippen LogP contribution in [-0.2, 0) is 6.54 Å². The first-order valence-corrected chi connectivity index (χ1v) is 7.53. The number of benzene rings is 1. The predicted molar refractivity (Wildman–Crippen MR) is 77.1 cm³/mol. The summed E-state index contributed by atoms with van der Waals surface area (Å²) >= 11 is 0. The summed E-state index contributed by atoms with van der Waals surface area (Å²) in [4.78, 5) is 2.55. The van der Waals surface area contributed by atoms with Gasteiger partial charge in [-0.05, 0) is 62.9 Å². The van der Waals surface area contributed by atoms with Crippen LogP contribution >= 0.6 is 0 Å². The van der Waals surface area contributed by atoms with Crippen molar-refractivity contribution in [2.45, 2.75) is 44.3 Å². The van der Waals surface area contributed by atoms with Crippen LogP contribution in [0.15, 0.2) is 18.2 Å². The van der Waals surface area contributed by atoms with Crippen molar-refractivity contribution in [1.29, 1.82) is 0 Å². The molecule has 1 aromatic rings. The second-order valence-electron chi connectivity index (χ2n) is 6.30. The number of aromatic hydroxyl groups is 1. The second-order valence-corrected chi connectivity index (χ2v) is 6.30. The number of phenolic OH excluding ortho intramolecular Hbond substituents is 1. The molecule has 0 aliphatic carbocycles. The van der Waals surface area contributed by atoms with Gasteiger partial charge < -0.3 is 15.3 Å². The molecule has 2 N–H and O–H groups in total. The molecule has 2 fully saturated rings. The molecule has 0 spiro atoms. The highest BCUT2D eigenvalue weighted by Crippen LogP contribution is 2.37. The van der Waals surface area contributed by atoms with Gasteiger partial charge in [0.25, 0.3) is 0 Å². The molecule has 2 aliphatic rings. The van der Waals surface area contributed by atoms with Crippen molar-refractivity contribution in [3.8, 4) is 5.75 Å². The normalized spacial score (nSPS) is 29.8. The van der Waals surface area contributed by atoms with Gasteiger partial charge in [-0.1, -0.05) is 6.07 Å². The molecule has 2 bridgehead atoms. The van der Waals surface area contributed by atoms with E-state index in [0.29, 0.717) is 6.54 Å². The Labute approximate surface area is 119 Å². The van der Waals surface area contributed by atoms with Crippen molar-refractivity contribution in [3.05, 3.63) is 29.6 Å². The van der Waals surface area contributed by atoms with Crippen LogP contribution in [0.4, 0.5) is 4.39 Å². The molecule has 3 rings (SSSR count). The third kappa shape index (κ3) is 2.81. The second kappa shape index (κ2) is 5.70. The van der Waals surface area contributed by atoms with E-state index in [1.807, 2.05) is 0 Å². The predicted octanol–water partition coefficient (Wildman–Crippen LogP) is 2.49. The van der Waals surface area contributed by atoms with Gasteiger partial charge in [-0.3, -0.25) is 0 Å². The van der Waals surface area contributed by atoms with E-state index in [1.54, 1.807) is 6.07 Å². The molecule has 2 atom stereocenters. The van der Waals surface area contributed by atoms with Gasteiger partial charge in [0.15, 0.2) is 11.6 Å². The third-order valence-corrected chi connectivity index (χ3v) is 4.97. The number of fused-ring (bicyclic) bond motifs is 2. The minimum absolute atomic E-state index is 0.277. The zero-order valence-corrected chi connectivity index (χ0v) is 12.0. The van der Waals surface area contributed by atoms with Gasteiger partial charge in [0.1, 0.15) is 0 Å². The number of hydrogen-bond donors (Lipinski definition) is 2. The Kier molecular flexibility index (Phi) is 3.94. The topological polar surface area (TPSA) is 35.5 Å². The monoisotopic (exact) mass is 278 g/mol. The van der Waals surface area contributed by atoms with E-state index in [2.05, 4.69) is 17.3 Å². The van der Waals surface area contributed by atoms with Gasteiger partial charge in [0.05, 0.1) is 0 Å². The average Bonchev–Trinajstić information content (AvgIpc) is 2.65. The summed E-state index contributed by atoms with van der Waals surface area (Å²) in [5.41, 5.74) is 0.885. The maximum absolute atomic E-state index is 13.2. The van der Waals surface area contributed by atoms with Gasteiger partial charge in [-0.2, -0.15) is 0 Å². The fraction of sp³-hybridized carbons (Fsp3) is 0.625. The number of hydrogen-bond acceptors (Lipinski definition) is 3. The molecule has 2 saturated heterocycles. The third-order valence-electron chi connectivity index (χ3n) is 4.97. The van der Waals surface area contributed by atoms with Crippen molar-refractivity contribution in [2.24, 2.45) is 5.92 Å². The lowest BCUT2D eigenvalue weighted by atomic mass is 9.91. The van der Waals surface area contributed by atoms with Crippen molar-refractivity contribution < 1.29 is 9.50 Å². The molecule has 4 heteroatoms. The Bertz CT molecular complexity index is 466. The maximum Gasteiger partial charge on any atom is 0.165 e. The van der Waals surface area contributed by atoms with E-state index < -0.39 is 5.82 Å². The molecule has 20 heavy (non-hydrogen) atoms. The van der Waals surface area contributed by atoms with Crippen molar-refractivity contribution in [3.63, 3.8) is 0 Å². The SMILES string of the molecule is CN1C2CCC1CC(CNCc1ccc(O)c(F)c1)C2. The fourth-order valence-electron chi connectivity index (χ4n) is 3.77.